The van der Waals surface area contributed by atoms with Gasteiger partial charge in [-0.05, 0) is 18.2 Å². The molecule has 118 valence electrons. The molecule has 1 aliphatic rings. The molecule has 3 aromatic rings. The lowest BCUT2D eigenvalue weighted by molar-refractivity contribution is -0.113. The van der Waals surface area contributed by atoms with Crippen LogP contribution in [0.3, 0.4) is 0 Å². The topological polar surface area (TPSA) is 58.7 Å². The van der Waals surface area contributed by atoms with E-state index in [0.29, 0.717) is 23.1 Å². The van der Waals surface area contributed by atoms with E-state index < -0.39 is 0 Å². The zero-order valence-corrected chi connectivity index (χ0v) is 13.4. The lowest BCUT2D eigenvalue weighted by atomic mass is 10.2. The molecular formula is C18H13N3O2S. The number of thiazole rings is 1. The number of hydrogen-bond donors (Lipinski definition) is 0. The molecule has 0 N–H and O–H groups in total. The van der Waals surface area contributed by atoms with Gasteiger partial charge < -0.3 is 4.42 Å². The quantitative estimate of drug-likeness (QED) is 0.684. The second-order valence-corrected chi connectivity index (χ2v) is 6.00. The molecule has 5 nitrogen and oxygen atoms in total. The normalized spacial score (nSPS) is 16.0. The van der Waals surface area contributed by atoms with Crippen LogP contribution in [0.4, 0.5) is 5.13 Å². The molecule has 1 amide bonds. The SMILES string of the molecule is O=C1/C(=C/Cc2ccco2)N=C(c2ccccc2)N1c1nccs1. The summed E-state index contributed by atoms with van der Waals surface area (Å²) in [4.78, 5) is 23.2. The Balaban J connectivity index is 1.73. The van der Waals surface area contributed by atoms with E-state index in [4.69, 9.17) is 4.42 Å². The van der Waals surface area contributed by atoms with Crippen molar-refractivity contribution in [3.05, 3.63) is 83.4 Å². The molecule has 0 radical (unpaired) electrons. The number of amidine groups is 1. The van der Waals surface area contributed by atoms with E-state index in [1.54, 1.807) is 23.4 Å². The van der Waals surface area contributed by atoms with E-state index in [2.05, 4.69) is 9.98 Å². The molecule has 0 aliphatic carbocycles. The minimum Gasteiger partial charge on any atom is -0.469 e. The number of carbonyl (C=O) groups is 1. The second-order valence-electron chi connectivity index (χ2n) is 5.13. The van der Waals surface area contributed by atoms with E-state index in [9.17, 15) is 4.79 Å². The van der Waals surface area contributed by atoms with Crippen LogP contribution in [0.5, 0.6) is 0 Å². The largest absolute Gasteiger partial charge is 0.469 e. The van der Waals surface area contributed by atoms with Gasteiger partial charge in [0, 0.05) is 23.6 Å². The van der Waals surface area contributed by atoms with Crippen LogP contribution in [0.1, 0.15) is 11.3 Å². The number of aliphatic imine (C=N–C) groups is 1. The maximum Gasteiger partial charge on any atom is 0.284 e. The summed E-state index contributed by atoms with van der Waals surface area (Å²) in [6.45, 7) is 0. The summed E-state index contributed by atoms with van der Waals surface area (Å²) >= 11 is 1.41. The molecule has 6 heteroatoms. The van der Waals surface area contributed by atoms with E-state index in [-0.39, 0.29) is 5.91 Å². The van der Waals surface area contributed by atoms with Crippen LogP contribution in [0.25, 0.3) is 0 Å². The summed E-state index contributed by atoms with van der Waals surface area (Å²) in [5.41, 5.74) is 1.28. The molecule has 0 atom stereocenters. The minimum absolute atomic E-state index is 0.171. The number of hydrogen-bond acceptors (Lipinski definition) is 5. The highest BCUT2D eigenvalue weighted by molar-refractivity contribution is 7.14. The van der Waals surface area contributed by atoms with Gasteiger partial charge in [0.2, 0.25) is 0 Å². The van der Waals surface area contributed by atoms with Crippen molar-refractivity contribution in [1.29, 1.82) is 0 Å². The van der Waals surface area contributed by atoms with E-state index in [0.717, 1.165) is 11.3 Å². The maximum absolute atomic E-state index is 12.8. The van der Waals surface area contributed by atoms with Crippen molar-refractivity contribution < 1.29 is 9.21 Å². The standard InChI is InChI=1S/C18H13N3O2S/c22-17-15(9-8-14-7-4-11-23-14)20-16(13-5-2-1-3-6-13)21(17)18-19-10-12-24-18/h1-7,9-12H,8H2/b15-9-. The number of amides is 1. The number of carbonyl (C=O) groups excluding carboxylic acids is 1. The van der Waals surface area contributed by atoms with Crippen molar-refractivity contribution >= 4 is 28.2 Å². The molecule has 0 saturated heterocycles. The van der Waals surface area contributed by atoms with Gasteiger partial charge in [-0.1, -0.05) is 30.3 Å². The number of benzene rings is 1. The first kappa shape index (κ1) is 14.6. The average molecular weight is 335 g/mol. The van der Waals surface area contributed by atoms with Crippen molar-refractivity contribution in [2.75, 3.05) is 4.90 Å². The van der Waals surface area contributed by atoms with Gasteiger partial charge in [-0.15, -0.1) is 11.3 Å². The van der Waals surface area contributed by atoms with Crippen LogP contribution >= 0.6 is 11.3 Å². The van der Waals surface area contributed by atoms with Crippen LogP contribution in [-0.2, 0) is 11.2 Å². The van der Waals surface area contributed by atoms with Crippen molar-refractivity contribution in [3.63, 3.8) is 0 Å². The Morgan fingerprint density at radius 2 is 2.04 bits per heavy atom. The van der Waals surface area contributed by atoms with Gasteiger partial charge in [-0.2, -0.15) is 0 Å². The Morgan fingerprint density at radius 1 is 1.17 bits per heavy atom. The van der Waals surface area contributed by atoms with Crippen molar-refractivity contribution in [3.8, 4) is 0 Å². The van der Waals surface area contributed by atoms with Crippen molar-refractivity contribution in [1.82, 2.24) is 4.98 Å². The van der Waals surface area contributed by atoms with Crippen LogP contribution in [0.2, 0.25) is 0 Å². The zero-order chi connectivity index (χ0) is 16.4. The smallest absolute Gasteiger partial charge is 0.284 e. The number of furan rings is 1. The Kier molecular flexibility index (Phi) is 3.80. The summed E-state index contributed by atoms with van der Waals surface area (Å²) in [6.07, 6.45) is 5.61. The summed E-state index contributed by atoms with van der Waals surface area (Å²) in [5, 5.41) is 2.46. The third-order valence-corrected chi connectivity index (χ3v) is 4.34. The highest BCUT2D eigenvalue weighted by atomic mass is 32.1. The van der Waals surface area contributed by atoms with Gasteiger partial charge in [0.1, 0.15) is 17.3 Å². The molecule has 0 saturated carbocycles. The average Bonchev–Trinajstić information content (AvgIpc) is 3.35. The molecule has 3 heterocycles. The minimum atomic E-state index is -0.171. The Morgan fingerprint density at radius 3 is 2.75 bits per heavy atom. The molecule has 24 heavy (non-hydrogen) atoms. The van der Waals surface area contributed by atoms with E-state index in [1.165, 1.54) is 11.3 Å². The molecular weight excluding hydrogens is 322 g/mol. The fraction of sp³-hybridized carbons (Fsp3) is 0.0556. The number of allylic oxidation sites excluding steroid dienone is 1. The molecule has 1 aliphatic heterocycles. The van der Waals surface area contributed by atoms with Crippen LogP contribution in [-0.4, -0.2) is 16.7 Å². The fourth-order valence-electron chi connectivity index (χ4n) is 2.47. The fourth-order valence-corrected chi connectivity index (χ4v) is 3.11. The monoisotopic (exact) mass is 335 g/mol. The van der Waals surface area contributed by atoms with Gasteiger partial charge in [0.15, 0.2) is 5.13 Å². The Hall–Kier alpha value is -2.99. The maximum atomic E-state index is 12.8. The Labute approximate surface area is 142 Å². The highest BCUT2D eigenvalue weighted by Crippen LogP contribution is 2.28. The predicted molar refractivity (Wildman–Crippen MR) is 93.1 cm³/mol. The van der Waals surface area contributed by atoms with E-state index >= 15 is 0 Å². The summed E-state index contributed by atoms with van der Waals surface area (Å²) < 4.78 is 5.31. The number of nitrogens with zero attached hydrogens (tertiary/aromatic N) is 3. The first-order chi connectivity index (χ1) is 11.8. The first-order valence-electron chi connectivity index (χ1n) is 7.43. The highest BCUT2D eigenvalue weighted by Gasteiger charge is 2.33. The van der Waals surface area contributed by atoms with Crippen LogP contribution < -0.4 is 4.90 Å². The van der Waals surface area contributed by atoms with Crippen LogP contribution in [0.15, 0.2) is 81.5 Å². The molecule has 4 rings (SSSR count). The van der Waals surface area contributed by atoms with Gasteiger partial charge in [-0.25, -0.2) is 14.9 Å². The van der Waals surface area contributed by atoms with Crippen LogP contribution in [0, 0.1) is 0 Å². The molecule has 1 aromatic carbocycles. The number of aromatic nitrogens is 1. The second kappa shape index (κ2) is 6.25. The van der Waals surface area contributed by atoms with Gasteiger partial charge in [0.25, 0.3) is 5.91 Å². The van der Waals surface area contributed by atoms with Crippen molar-refractivity contribution in [2.24, 2.45) is 4.99 Å². The first-order valence-corrected chi connectivity index (χ1v) is 8.31. The molecule has 0 fully saturated rings. The third kappa shape index (κ3) is 2.68. The van der Waals surface area contributed by atoms with E-state index in [1.807, 2.05) is 47.8 Å². The molecule has 0 spiro atoms. The summed E-state index contributed by atoms with van der Waals surface area (Å²) in [7, 11) is 0. The lowest BCUT2D eigenvalue weighted by Crippen LogP contribution is -2.32. The zero-order valence-electron chi connectivity index (χ0n) is 12.6. The van der Waals surface area contributed by atoms with Crippen molar-refractivity contribution in [2.45, 2.75) is 6.42 Å². The number of rotatable bonds is 4. The molecule has 2 aromatic heterocycles. The predicted octanol–water partition coefficient (Wildman–Crippen LogP) is 3.66. The number of anilines is 1. The van der Waals surface area contributed by atoms with Gasteiger partial charge >= 0.3 is 0 Å². The summed E-state index contributed by atoms with van der Waals surface area (Å²) in [5.74, 6) is 1.22. The summed E-state index contributed by atoms with van der Waals surface area (Å²) in [6, 6.07) is 13.3. The molecule has 0 bridgehead atoms. The lowest BCUT2D eigenvalue weighted by Gasteiger charge is -2.14. The van der Waals surface area contributed by atoms with Gasteiger partial charge in [-0.3, -0.25) is 4.79 Å². The molecule has 0 unspecified atom stereocenters. The Bertz CT molecular complexity index is 897. The third-order valence-electron chi connectivity index (χ3n) is 3.58. The van der Waals surface area contributed by atoms with Gasteiger partial charge in [0.05, 0.1) is 6.26 Å².